The van der Waals surface area contributed by atoms with E-state index >= 15 is 0 Å². The van der Waals surface area contributed by atoms with Crippen molar-refractivity contribution < 1.29 is 38.9 Å². The molecule has 0 amide bonds. The van der Waals surface area contributed by atoms with Gasteiger partial charge in [-0.05, 0) is 68.6 Å². The predicted octanol–water partition coefficient (Wildman–Crippen LogP) is 4.39. The first-order valence-corrected chi connectivity index (χ1v) is 15.0. The van der Waals surface area contributed by atoms with Gasteiger partial charge in [-0.1, -0.05) is 56.7 Å². The molecule has 3 fully saturated rings. The van der Waals surface area contributed by atoms with Crippen molar-refractivity contribution in [1.82, 2.24) is 0 Å². The van der Waals surface area contributed by atoms with Gasteiger partial charge in [-0.3, -0.25) is 24.0 Å². The minimum absolute atomic E-state index is 0.00535. The summed E-state index contributed by atoms with van der Waals surface area (Å²) in [6.07, 6.45) is 8.10. The topological polar surface area (TPSA) is 135 Å². The van der Waals surface area contributed by atoms with Crippen LogP contribution in [-0.2, 0) is 19.1 Å². The van der Waals surface area contributed by atoms with Crippen molar-refractivity contribution in [3.8, 4) is 0 Å². The zero-order valence-corrected chi connectivity index (χ0v) is 25.4. The minimum Gasteiger partial charge on any atom is -0.458 e. The van der Waals surface area contributed by atoms with Crippen molar-refractivity contribution >= 4 is 29.1 Å². The Bertz CT molecular complexity index is 1500. The predicted molar refractivity (Wildman–Crippen MR) is 158 cm³/mol. The SMILES string of the molecule is CC(=O)OCC(=O)[C@@]1(O)CC[C@H]2[C@@H]3C[C@H](C)C4=CC(=O)C=C[C@]4(C)[C@H]3[C@@H](O)C[C@@]21C.CC1=CC(=O)c2ccccc2C1=O. The van der Waals surface area contributed by atoms with E-state index in [9.17, 15) is 34.2 Å². The molecule has 8 nitrogen and oxygen atoms in total. The molecule has 3 saturated carbocycles. The number of fused-ring (bicyclic) bond motifs is 6. The van der Waals surface area contributed by atoms with Crippen LogP contribution in [0.25, 0.3) is 0 Å². The summed E-state index contributed by atoms with van der Waals surface area (Å²) in [5, 5.41) is 22.9. The number of rotatable bonds is 3. The zero-order chi connectivity index (χ0) is 31.5. The Kier molecular flexibility index (Phi) is 7.84. The van der Waals surface area contributed by atoms with E-state index in [0.717, 1.165) is 12.0 Å². The lowest BCUT2D eigenvalue weighted by atomic mass is 9.45. The number of hydrogen-bond acceptors (Lipinski definition) is 8. The van der Waals surface area contributed by atoms with E-state index in [1.165, 1.54) is 13.0 Å². The molecule has 8 heteroatoms. The maximum absolute atomic E-state index is 12.9. The van der Waals surface area contributed by atoms with Crippen LogP contribution in [0.2, 0.25) is 0 Å². The van der Waals surface area contributed by atoms with Crippen molar-refractivity contribution in [2.45, 2.75) is 72.0 Å². The quantitative estimate of drug-likeness (QED) is 0.497. The van der Waals surface area contributed by atoms with Gasteiger partial charge in [0.05, 0.1) is 6.10 Å². The van der Waals surface area contributed by atoms with Crippen molar-refractivity contribution in [1.29, 1.82) is 0 Å². The number of aliphatic hydroxyl groups is 2. The molecule has 8 atom stereocenters. The first kappa shape index (κ1) is 31.0. The molecule has 0 radical (unpaired) electrons. The molecule has 6 rings (SSSR count). The Morgan fingerprint density at radius 1 is 1.07 bits per heavy atom. The van der Waals surface area contributed by atoms with Crippen LogP contribution in [0.5, 0.6) is 0 Å². The highest BCUT2D eigenvalue weighted by Gasteiger charge is 2.68. The summed E-state index contributed by atoms with van der Waals surface area (Å²) < 4.78 is 4.89. The Morgan fingerprint density at radius 2 is 1.74 bits per heavy atom. The van der Waals surface area contributed by atoms with Crippen molar-refractivity contribution in [3.63, 3.8) is 0 Å². The highest BCUT2D eigenvalue weighted by molar-refractivity contribution is 6.24. The summed E-state index contributed by atoms with van der Waals surface area (Å²) in [6.45, 7) is 8.60. The molecule has 0 saturated heterocycles. The summed E-state index contributed by atoms with van der Waals surface area (Å²) in [7, 11) is 0. The first-order valence-electron chi connectivity index (χ1n) is 15.0. The lowest BCUT2D eigenvalue weighted by molar-refractivity contribution is -0.182. The second-order valence-electron chi connectivity index (χ2n) is 13.4. The number of aliphatic hydroxyl groups excluding tert-OH is 1. The third-order valence-electron chi connectivity index (χ3n) is 11.0. The van der Waals surface area contributed by atoms with Crippen LogP contribution in [-0.4, -0.2) is 57.6 Å². The highest BCUT2D eigenvalue weighted by Crippen LogP contribution is 2.67. The normalized spacial score (nSPS) is 37.5. The third kappa shape index (κ3) is 4.89. The van der Waals surface area contributed by atoms with E-state index in [1.807, 2.05) is 13.0 Å². The third-order valence-corrected chi connectivity index (χ3v) is 11.0. The van der Waals surface area contributed by atoms with Crippen LogP contribution in [0.4, 0.5) is 0 Å². The van der Waals surface area contributed by atoms with Crippen LogP contribution in [0.3, 0.4) is 0 Å². The summed E-state index contributed by atoms with van der Waals surface area (Å²) in [6, 6.07) is 6.89. The average Bonchev–Trinajstić information content (AvgIpc) is 3.22. The molecule has 0 aromatic heterocycles. The average molecular weight is 589 g/mol. The van der Waals surface area contributed by atoms with Gasteiger partial charge in [-0.2, -0.15) is 0 Å². The number of Topliss-reactive ketones (excluding diaryl/α,β-unsaturated/α-hetero) is 2. The van der Waals surface area contributed by atoms with Crippen LogP contribution in [0.15, 0.2) is 59.7 Å². The van der Waals surface area contributed by atoms with E-state index in [4.69, 9.17) is 4.74 Å². The number of carbonyl (C=O) groups is 5. The molecule has 0 unspecified atom stereocenters. The van der Waals surface area contributed by atoms with Gasteiger partial charge in [0.1, 0.15) is 5.60 Å². The maximum Gasteiger partial charge on any atom is 0.303 e. The van der Waals surface area contributed by atoms with Gasteiger partial charge in [0.15, 0.2) is 24.0 Å². The molecule has 228 valence electrons. The van der Waals surface area contributed by atoms with Gasteiger partial charge in [0, 0.05) is 40.4 Å². The summed E-state index contributed by atoms with van der Waals surface area (Å²) in [4.78, 5) is 59.1. The molecule has 1 aromatic rings. The van der Waals surface area contributed by atoms with Crippen LogP contribution < -0.4 is 0 Å². The number of allylic oxidation sites excluding steroid dienone is 6. The lowest BCUT2D eigenvalue weighted by Crippen LogP contribution is -2.62. The number of esters is 1. The fourth-order valence-corrected chi connectivity index (χ4v) is 8.95. The molecule has 0 spiro atoms. The minimum atomic E-state index is -1.61. The van der Waals surface area contributed by atoms with E-state index < -0.39 is 40.9 Å². The van der Waals surface area contributed by atoms with Crippen molar-refractivity contribution in [2.75, 3.05) is 6.61 Å². The van der Waals surface area contributed by atoms with Crippen LogP contribution >= 0.6 is 0 Å². The molecule has 5 aliphatic rings. The summed E-state index contributed by atoms with van der Waals surface area (Å²) in [5.41, 5.74) is -0.166. The van der Waals surface area contributed by atoms with Gasteiger partial charge in [0.25, 0.3) is 0 Å². The fraction of sp³-hybridized carbons (Fsp3) is 0.514. The fourth-order valence-electron chi connectivity index (χ4n) is 8.95. The van der Waals surface area contributed by atoms with E-state index in [1.54, 1.807) is 43.3 Å². The molecular weight excluding hydrogens is 548 g/mol. The Balaban J connectivity index is 0.000000235. The Hall–Kier alpha value is -3.49. The van der Waals surface area contributed by atoms with E-state index in [2.05, 4.69) is 13.8 Å². The van der Waals surface area contributed by atoms with Crippen molar-refractivity contribution in [2.24, 2.45) is 34.5 Å². The Labute approximate surface area is 251 Å². The van der Waals surface area contributed by atoms with Gasteiger partial charge in [0.2, 0.25) is 5.78 Å². The maximum atomic E-state index is 12.9. The smallest absolute Gasteiger partial charge is 0.303 e. The van der Waals surface area contributed by atoms with E-state index in [-0.39, 0.29) is 41.0 Å². The van der Waals surface area contributed by atoms with Gasteiger partial charge < -0.3 is 14.9 Å². The van der Waals surface area contributed by atoms with Crippen LogP contribution in [0.1, 0.15) is 81.0 Å². The zero-order valence-electron chi connectivity index (χ0n) is 25.4. The standard InChI is InChI=1S/C24H32O6.C11H8O2/c1-13-9-16-17-6-8-24(29,20(28)12-30-14(2)25)23(17,4)11-19(27)21(16)22(3)7-5-15(26)10-18(13)22;1-7-6-10(12)8-4-2-3-5-9(8)11(7)13/h5,7,10,13,16-17,19,21,27,29H,6,8-9,11-12H2,1-4H3;2-6H,1H3/t13-,16-,17-,19-,21+,22-,23-,24-;/m0./s1. The molecule has 43 heavy (non-hydrogen) atoms. The second kappa shape index (κ2) is 10.9. The molecule has 5 aliphatic carbocycles. The lowest BCUT2D eigenvalue weighted by Gasteiger charge is -2.60. The van der Waals surface area contributed by atoms with Gasteiger partial charge >= 0.3 is 5.97 Å². The number of ketones is 4. The molecule has 1 aromatic carbocycles. The Morgan fingerprint density at radius 3 is 2.42 bits per heavy atom. The number of hydrogen-bond donors (Lipinski definition) is 2. The molecule has 2 N–H and O–H groups in total. The summed E-state index contributed by atoms with van der Waals surface area (Å²) >= 11 is 0. The van der Waals surface area contributed by atoms with Crippen molar-refractivity contribution in [3.05, 3.63) is 70.8 Å². The first-order chi connectivity index (χ1) is 20.1. The number of benzene rings is 1. The number of carbonyl (C=O) groups excluding carboxylic acids is 5. The largest absolute Gasteiger partial charge is 0.458 e. The van der Waals surface area contributed by atoms with Gasteiger partial charge in [-0.25, -0.2) is 0 Å². The monoisotopic (exact) mass is 588 g/mol. The molecule has 0 bridgehead atoms. The second-order valence-corrected chi connectivity index (χ2v) is 13.4. The number of ether oxygens (including phenoxy) is 1. The molecule has 0 aliphatic heterocycles. The highest BCUT2D eigenvalue weighted by atomic mass is 16.5. The summed E-state index contributed by atoms with van der Waals surface area (Å²) in [5.74, 6) is -0.835. The molecular formula is C35H40O8. The van der Waals surface area contributed by atoms with Crippen LogP contribution in [0, 0.1) is 34.5 Å². The molecule has 0 heterocycles. The van der Waals surface area contributed by atoms with E-state index in [0.29, 0.717) is 36.0 Å². The van der Waals surface area contributed by atoms with Gasteiger partial charge in [-0.15, -0.1) is 0 Å².